The van der Waals surface area contributed by atoms with E-state index in [-0.39, 0.29) is 0 Å². The highest BCUT2D eigenvalue weighted by molar-refractivity contribution is 5.49. The average molecular weight is 285 g/mol. The molecule has 0 bridgehead atoms. The van der Waals surface area contributed by atoms with Crippen molar-refractivity contribution in [1.29, 1.82) is 0 Å². The second-order valence-corrected chi connectivity index (χ2v) is 5.50. The fourth-order valence-corrected chi connectivity index (χ4v) is 2.74. The third-order valence-corrected chi connectivity index (χ3v) is 3.89. The van der Waals surface area contributed by atoms with Gasteiger partial charge in [0.05, 0.1) is 24.1 Å². The molecule has 0 aliphatic carbocycles. The third-order valence-electron chi connectivity index (χ3n) is 3.89. The van der Waals surface area contributed by atoms with Crippen molar-refractivity contribution in [2.75, 3.05) is 23.3 Å². The monoisotopic (exact) mass is 285 g/mol. The Labute approximate surface area is 126 Å². The van der Waals surface area contributed by atoms with Gasteiger partial charge >= 0.3 is 0 Å². The fourth-order valence-electron chi connectivity index (χ4n) is 2.74. The molecule has 3 rings (SSSR count). The molecule has 0 unspecified atom stereocenters. The van der Waals surface area contributed by atoms with Crippen molar-refractivity contribution in [3.8, 4) is 0 Å². The summed E-state index contributed by atoms with van der Waals surface area (Å²) in [6.45, 7) is 6.19. The summed E-state index contributed by atoms with van der Waals surface area (Å²) in [5, 5.41) is 7.76. The molecule has 5 heteroatoms. The predicted octanol–water partition coefficient (Wildman–Crippen LogP) is 2.90. The first-order chi connectivity index (χ1) is 10.4. The molecule has 0 aromatic carbocycles. The van der Waals surface area contributed by atoms with Gasteiger partial charge in [-0.05, 0) is 37.5 Å². The Morgan fingerprint density at radius 3 is 2.76 bits per heavy atom. The second kappa shape index (κ2) is 6.61. The minimum Gasteiger partial charge on any atom is -0.378 e. The number of aryl methyl sites for hydroxylation is 1. The summed E-state index contributed by atoms with van der Waals surface area (Å²) >= 11 is 0. The molecule has 3 heterocycles. The highest BCUT2D eigenvalue weighted by atomic mass is 15.3. The molecule has 2 aromatic rings. The molecule has 2 aromatic heterocycles. The molecule has 1 aliphatic rings. The molecule has 1 N–H and O–H groups in total. The molecule has 0 radical (unpaired) electrons. The first-order valence-electron chi connectivity index (χ1n) is 7.82. The van der Waals surface area contributed by atoms with Crippen LogP contribution in [-0.4, -0.2) is 27.9 Å². The van der Waals surface area contributed by atoms with Gasteiger partial charge < -0.3 is 10.2 Å². The highest BCUT2D eigenvalue weighted by Gasteiger charge is 2.12. The standard InChI is InChI=1S/C16H23N5/c1-2-9-21-15(7-8-19-21)13-17-14-5-6-16(18-12-14)20-10-3-4-11-20/h5-8,12,17H,2-4,9-11,13H2,1H3. The van der Waals surface area contributed by atoms with Gasteiger partial charge in [-0.2, -0.15) is 5.10 Å². The molecule has 5 nitrogen and oxygen atoms in total. The zero-order valence-corrected chi connectivity index (χ0v) is 12.6. The van der Waals surface area contributed by atoms with Gasteiger partial charge in [-0.15, -0.1) is 0 Å². The van der Waals surface area contributed by atoms with Crippen LogP contribution in [0.15, 0.2) is 30.6 Å². The predicted molar refractivity (Wildman–Crippen MR) is 85.5 cm³/mol. The Balaban J connectivity index is 1.58. The molecule has 0 saturated carbocycles. The molecular weight excluding hydrogens is 262 g/mol. The van der Waals surface area contributed by atoms with Crippen molar-refractivity contribution in [1.82, 2.24) is 14.8 Å². The lowest BCUT2D eigenvalue weighted by Gasteiger charge is -2.16. The number of nitrogens with one attached hydrogen (secondary N) is 1. The van der Waals surface area contributed by atoms with Gasteiger partial charge in [0.25, 0.3) is 0 Å². The minimum atomic E-state index is 0.782. The molecule has 0 amide bonds. The Bertz CT molecular complexity index is 554. The van der Waals surface area contributed by atoms with Crippen LogP contribution in [0.3, 0.4) is 0 Å². The normalized spacial score (nSPS) is 14.6. The number of aromatic nitrogens is 3. The van der Waals surface area contributed by atoms with E-state index in [0.717, 1.165) is 44.1 Å². The smallest absolute Gasteiger partial charge is 0.128 e. The molecule has 0 spiro atoms. The molecule has 0 atom stereocenters. The maximum absolute atomic E-state index is 4.56. The number of hydrogen-bond acceptors (Lipinski definition) is 4. The summed E-state index contributed by atoms with van der Waals surface area (Å²) in [7, 11) is 0. The molecule has 1 fully saturated rings. The third kappa shape index (κ3) is 3.35. The van der Waals surface area contributed by atoms with E-state index >= 15 is 0 Å². The van der Waals surface area contributed by atoms with Gasteiger partial charge in [0.2, 0.25) is 0 Å². The molecule has 1 aliphatic heterocycles. The van der Waals surface area contributed by atoms with Crippen molar-refractivity contribution in [2.24, 2.45) is 0 Å². The van der Waals surface area contributed by atoms with Gasteiger partial charge in [0, 0.05) is 25.8 Å². The van der Waals surface area contributed by atoms with Crippen LogP contribution in [-0.2, 0) is 13.1 Å². The lowest BCUT2D eigenvalue weighted by atomic mass is 10.3. The molecule has 112 valence electrons. The van der Waals surface area contributed by atoms with E-state index in [2.05, 4.69) is 50.1 Å². The van der Waals surface area contributed by atoms with Crippen molar-refractivity contribution < 1.29 is 0 Å². The molecular formula is C16H23N5. The summed E-state index contributed by atoms with van der Waals surface area (Å²) in [6, 6.07) is 6.28. The number of nitrogens with zero attached hydrogens (tertiary/aromatic N) is 4. The first kappa shape index (κ1) is 13.9. The summed E-state index contributed by atoms with van der Waals surface area (Å²) in [5.74, 6) is 1.09. The van der Waals surface area contributed by atoms with E-state index in [9.17, 15) is 0 Å². The molecule has 1 saturated heterocycles. The largest absolute Gasteiger partial charge is 0.378 e. The van der Waals surface area contributed by atoms with Gasteiger partial charge in [-0.25, -0.2) is 4.98 Å². The van der Waals surface area contributed by atoms with Crippen LogP contribution in [0.5, 0.6) is 0 Å². The van der Waals surface area contributed by atoms with E-state index < -0.39 is 0 Å². The summed E-state index contributed by atoms with van der Waals surface area (Å²) in [6.07, 6.45) is 7.45. The summed E-state index contributed by atoms with van der Waals surface area (Å²) in [5.41, 5.74) is 2.27. The number of hydrogen-bond donors (Lipinski definition) is 1. The van der Waals surface area contributed by atoms with Crippen LogP contribution >= 0.6 is 0 Å². The summed E-state index contributed by atoms with van der Waals surface area (Å²) in [4.78, 5) is 6.91. The van der Waals surface area contributed by atoms with Gasteiger partial charge in [0.1, 0.15) is 5.82 Å². The van der Waals surface area contributed by atoms with Crippen LogP contribution in [0.25, 0.3) is 0 Å². The maximum atomic E-state index is 4.56. The van der Waals surface area contributed by atoms with E-state index in [1.807, 2.05) is 12.4 Å². The SMILES string of the molecule is CCCn1nccc1CNc1ccc(N2CCCC2)nc1. The molecule has 21 heavy (non-hydrogen) atoms. The van der Waals surface area contributed by atoms with Crippen molar-refractivity contribution in [3.05, 3.63) is 36.3 Å². The maximum Gasteiger partial charge on any atom is 0.128 e. The van der Waals surface area contributed by atoms with Crippen molar-refractivity contribution >= 4 is 11.5 Å². The Morgan fingerprint density at radius 2 is 2.05 bits per heavy atom. The van der Waals surface area contributed by atoms with E-state index in [1.54, 1.807) is 0 Å². The van der Waals surface area contributed by atoms with Crippen LogP contribution in [0.2, 0.25) is 0 Å². The van der Waals surface area contributed by atoms with Crippen LogP contribution in [0.1, 0.15) is 31.9 Å². The zero-order valence-electron chi connectivity index (χ0n) is 12.6. The zero-order chi connectivity index (χ0) is 14.5. The van der Waals surface area contributed by atoms with Gasteiger partial charge in [-0.3, -0.25) is 4.68 Å². The quantitative estimate of drug-likeness (QED) is 0.886. The number of rotatable bonds is 6. The fraction of sp³-hybridized carbons (Fsp3) is 0.500. The van der Waals surface area contributed by atoms with E-state index in [0.29, 0.717) is 0 Å². The highest BCUT2D eigenvalue weighted by Crippen LogP contribution is 2.19. The second-order valence-electron chi connectivity index (χ2n) is 5.50. The van der Waals surface area contributed by atoms with Gasteiger partial charge in [0.15, 0.2) is 0 Å². The first-order valence-corrected chi connectivity index (χ1v) is 7.82. The minimum absolute atomic E-state index is 0.782. The van der Waals surface area contributed by atoms with Crippen molar-refractivity contribution in [3.63, 3.8) is 0 Å². The van der Waals surface area contributed by atoms with E-state index in [4.69, 9.17) is 0 Å². The van der Waals surface area contributed by atoms with Crippen LogP contribution in [0, 0.1) is 0 Å². The van der Waals surface area contributed by atoms with E-state index in [1.165, 1.54) is 18.5 Å². The average Bonchev–Trinajstić information content (AvgIpc) is 3.18. The topological polar surface area (TPSA) is 46.0 Å². The Hall–Kier alpha value is -2.04. The summed E-state index contributed by atoms with van der Waals surface area (Å²) < 4.78 is 2.05. The Kier molecular flexibility index (Phi) is 4.38. The lowest BCUT2D eigenvalue weighted by molar-refractivity contribution is 0.578. The Morgan fingerprint density at radius 1 is 1.19 bits per heavy atom. The van der Waals surface area contributed by atoms with Crippen LogP contribution < -0.4 is 10.2 Å². The lowest BCUT2D eigenvalue weighted by Crippen LogP contribution is -2.18. The van der Waals surface area contributed by atoms with Gasteiger partial charge in [-0.1, -0.05) is 6.92 Å². The number of pyridine rings is 1. The van der Waals surface area contributed by atoms with Crippen molar-refractivity contribution in [2.45, 2.75) is 39.3 Å². The van der Waals surface area contributed by atoms with Crippen LogP contribution in [0.4, 0.5) is 11.5 Å². The number of anilines is 2.